The van der Waals surface area contributed by atoms with E-state index in [2.05, 4.69) is 20.6 Å². The lowest BCUT2D eigenvalue weighted by atomic mass is 10.2. The Bertz CT molecular complexity index is 765. The van der Waals surface area contributed by atoms with Crippen molar-refractivity contribution in [3.8, 4) is 5.69 Å². The molecule has 0 fully saturated rings. The van der Waals surface area contributed by atoms with E-state index in [4.69, 9.17) is 23.2 Å². The number of hydrogen-bond acceptors (Lipinski definition) is 2. The summed E-state index contributed by atoms with van der Waals surface area (Å²) in [6.07, 6.45) is 4.20. The maximum Gasteiger partial charge on any atom is 0.115 e. The zero-order chi connectivity index (χ0) is 14.1. The summed E-state index contributed by atoms with van der Waals surface area (Å²) in [6.45, 7) is 2.04. The predicted octanol–water partition coefficient (Wildman–Crippen LogP) is 4.16. The topological polar surface area (TPSA) is 30.7 Å². The first-order valence-electron chi connectivity index (χ1n) is 6.34. The molecule has 0 amide bonds. The first kappa shape index (κ1) is 13.4. The molecule has 3 rings (SSSR count). The highest BCUT2D eigenvalue weighted by Crippen LogP contribution is 2.27. The van der Waals surface area contributed by atoms with Gasteiger partial charge in [-0.05, 0) is 30.7 Å². The first-order valence-corrected chi connectivity index (χ1v) is 7.26. The molecule has 0 aliphatic rings. The van der Waals surface area contributed by atoms with E-state index in [-0.39, 0.29) is 0 Å². The molecule has 0 N–H and O–H groups in total. The van der Waals surface area contributed by atoms with Crippen LogP contribution in [0.4, 0.5) is 0 Å². The normalized spacial score (nSPS) is 11.2. The molecule has 1 aromatic carbocycles. The summed E-state index contributed by atoms with van der Waals surface area (Å²) in [5.74, 6) is 1.41. The van der Waals surface area contributed by atoms with Crippen molar-refractivity contribution < 1.29 is 0 Å². The van der Waals surface area contributed by atoms with Gasteiger partial charge in [0.1, 0.15) is 11.3 Å². The quantitative estimate of drug-likeness (QED) is 0.680. The van der Waals surface area contributed by atoms with Gasteiger partial charge in [0, 0.05) is 18.5 Å². The number of imidazole rings is 1. The van der Waals surface area contributed by atoms with E-state index in [1.807, 2.05) is 25.1 Å². The summed E-state index contributed by atoms with van der Waals surface area (Å²) in [5.41, 5.74) is 3.93. The molecule has 20 heavy (non-hydrogen) atoms. The highest BCUT2D eigenvalue weighted by atomic mass is 35.5. The van der Waals surface area contributed by atoms with E-state index in [9.17, 15) is 0 Å². The average molecular weight is 306 g/mol. The molecule has 102 valence electrons. The van der Waals surface area contributed by atoms with Crippen molar-refractivity contribution in [1.29, 1.82) is 0 Å². The lowest BCUT2D eigenvalue weighted by molar-refractivity contribution is 0.911. The van der Waals surface area contributed by atoms with Gasteiger partial charge in [0.25, 0.3) is 0 Å². The van der Waals surface area contributed by atoms with E-state index in [1.54, 1.807) is 12.4 Å². The lowest BCUT2D eigenvalue weighted by Gasteiger charge is -2.11. The molecule has 0 aliphatic heterocycles. The van der Waals surface area contributed by atoms with Gasteiger partial charge < -0.3 is 0 Å². The summed E-state index contributed by atoms with van der Waals surface area (Å²) in [7, 11) is 0. The number of aryl methyl sites for hydroxylation is 2. The molecule has 0 radical (unpaired) electrons. The van der Waals surface area contributed by atoms with Crippen molar-refractivity contribution in [2.45, 2.75) is 13.3 Å². The van der Waals surface area contributed by atoms with Crippen molar-refractivity contribution in [2.75, 3.05) is 5.88 Å². The number of nitrogens with zero attached hydrogens (tertiary/aromatic N) is 3. The second-order valence-corrected chi connectivity index (χ2v) is 5.41. The molecule has 2 heterocycles. The Hall–Kier alpha value is -1.58. The van der Waals surface area contributed by atoms with Crippen molar-refractivity contribution in [2.24, 2.45) is 0 Å². The molecule has 3 nitrogen and oxygen atoms in total. The highest BCUT2D eigenvalue weighted by Gasteiger charge is 2.14. The highest BCUT2D eigenvalue weighted by molar-refractivity contribution is 6.32. The fourth-order valence-electron chi connectivity index (χ4n) is 2.30. The molecular weight excluding hydrogens is 293 g/mol. The van der Waals surface area contributed by atoms with Crippen LogP contribution in [0, 0.1) is 6.92 Å². The van der Waals surface area contributed by atoms with Crippen LogP contribution in [0.1, 0.15) is 11.4 Å². The molecule has 2 aromatic heterocycles. The van der Waals surface area contributed by atoms with Crippen molar-refractivity contribution >= 4 is 34.2 Å². The number of hydrogen-bond donors (Lipinski definition) is 0. The minimum Gasteiger partial charge on any atom is -0.295 e. The van der Waals surface area contributed by atoms with E-state index < -0.39 is 0 Å². The van der Waals surface area contributed by atoms with Crippen LogP contribution in [0.25, 0.3) is 16.7 Å². The molecule has 0 atom stereocenters. The van der Waals surface area contributed by atoms with E-state index in [0.717, 1.165) is 28.1 Å². The maximum absolute atomic E-state index is 6.36. The van der Waals surface area contributed by atoms with Gasteiger partial charge in [0.15, 0.2) is 0 Å². The Morgan fingerprint density at radius 2 is 2.10 bits per heavy atom. The Balaban J connectivity index is 2.33. The average Bonchev–Trinajstić information content (AvgIpc) is 2.80. The van der Waals surface area contributed by atoms with Gasteiger partial charge in [-0.3, -0.25) is 9.55 Å². The van der Waals surface area contributed by atoms with Crippen LogP contribution in [0.2, 0.25) is 5.02 Å². The van der Waals surface area contributed by atoms with Crippen LogP contribution in [0.15, 0.2) is 36.7 Å². The van der Waals surface area contributed by atoms with E-state index in [0.29, 0.717) is 17.3 Å². The smallest absolute Gasteiger partial charge is 0.115 e. The van der Waals surface area contributed by atoms with Crippen LogP contribution >= 0.6 is 23.2 Å². The Kier molecular flexibility index (Phi) is 3.64. The van der Waals surface area contributed by atoms with Gasteiger partial charge in [0.05, 0.1) is 22.4 Å². The summed E-state index contributed by atoms with van der Waals surface area (Å²) >= 11 is 12.3. The lowest BCUT2D eigenvalue weighted by Crippen LogP contribution is -2.03. The number of fused-ring (bicyclic) bond motifs is 1. The van der Waals surface area contributed by atoms with E-state index in [1.165, 1.54) is 0 Å². The van der Waals surface area contributed by atoms with Crippen LogP contribution in [0.5, 0.6) is 0 Å². The van der Waals surface area contributed by atoms with Crippen molar-refractivity contribution in [3.05, 3.63) is 53.1 Å². The van der Waals surface area contributed by atoms with Gasteiger partial charge in [-0.15, -0.1) is 11.6 Å². The fourth-order valence-corrected chi connectivity index (χ4v) is 2.67. The maximum atomic E-state index is 6.36. The number of alkyl halides is 1. The number of rotatable bonds is 3. The van der Waals surface area contributed by atoms with Gasteiger partial charge in [-0.25, -0.2) is 4.98 Å². The van der Waals surface area contributed by atoms with Crippen molar-refractivity contribution in [3.63, 3.8) is 0 Å². The number of aromatic nitrogens is 3. The second-order valence-electron chi connectivity index (χ2n) is 4.62. The van der Waals surface area contributed by atoms with Crippen LogP contribution < -0.4 is 0 Å². The van der Waals surface area contributed by atoms with Crippen LogP contribution in [-0.2, 0) is 6.42 Å². The third-order valence-corrected chi connectivity index (χ3v) is 3.70. The SMILES string of the molecule is Cc1ccc(Cl)c(-n2c(CCCl)nc3cnccc32)c1. The molecule has 0 spiro atoms. The zero-order valence-electron chi connectivity index (χ0n) is 11.0. The molecule has 3 aromatic rings. The summed E-state index contributed by atoms with van der Waals surface area (Å²) in [6, 6.07) is 7.90. The predicted molar refractivity (Wildman–Crippen MR) is 83.0 cm³/mol. The van der Waals surface area contributed by atoms with Gasteiger partial charge in [-0.1, -0.05) is 17.7 Å². The largest absolute Gasteiger partial charge is 0.295 e. The minimum absolute atomic E-state index is 0.514. The monoisotopic (exact) mass is 305 g/mol. The Morgan fingerprint density at radius 3 is 2.90 bits per heavy atom. The summed E-state index contributed by atoms with van der Waals surface area (Å²) in [4.78, 5) is 8.73. The summed E-state index contributed by atoms with van der Waals surface area (Å²) < 4.78 is 2.06. The van der Waals surface area contributed by atoms with Crippen LogP contribution in [0.3, 0.4) is 0 Å². The Morgan fingerprint density at radius 1 is 1.25 bits per heavy atom. The third kappa shape index (κ3) is 2.28. The zero-order valence-corrected chi connectivity index (χ0v) is 12.5. The Labute approximate surface area is 127 Å². The molecule has 0 aliphatic carbocycles. The van der Waals surface area contributed by atoms with Gasteiger partial charge in [-0.2, -0.15) is 0 Å². The number of benzene rings is 1. The molecule has 5 heteroatoms. The molecule has 0 saturated carbocycles. The standard InChI is InChI=1S/C15H13Cl2N3/c1-10-2-3-11(17)14(8-10)20-13-5-7-18-9-12(13)19-15(20)4-6-16/h2-3,5,7-9H,4,6H2,1H3. The number of pyridine rings is 1. The first-order chi connectivity index (χ1) is 9.70. The fraction of sp³-hybridized carbons (Fsp3) is 0.200. The van der Waals surface area contributed by atoms with E-state index >= 15 is 0 Å². The number of halogens is 2. The van der Waals surface area contributed by atoms with Crippen LogP contribution in [-0.4, -0.2) is 20.4 Å². The third-order valence-electron chi connectivity index (χ3n) is 3.19. The molecular formula is C15H13Cl2N3. The van der Waals surface area contributed by atoms with Crippen molar-refractivity contribution in [1.82, 2.24) is 14.5 Å². The molecule has 0 unspecified atom stereocenters. The van der Waals surface area contributed by atoms with Gasteiger partial charge in [0.2, 0.25) is 0 Å². The minimum atomic E-state index is 0.514. The van der Waals surface area contributed by atoms with Gasteiger partial charge >= 0.3 is 0 Å². The molecule has 0 saturated heterocycles. The second kappa shape index (κ2) is 5.43. The molecule has 0 bridgehead atoms. The summed E-state index contributed by atoms with van der Waals surface area (Å²) in [5, 5.41) is 0.697.